The highest BCUT2D eigenvalue weighted by atomic mass is 32.1. The van der Waals surface area contributed by atoms with Crippen LogP contribution in [0.3, 0.4) is 0 Å². The summed E-state index contributed by atoms with van der Waals surface area (Å²) in [6.07, 6.45) is 3.07. The van der Waals surface area contributed by atoms with Crippen LogP contribution in [0.2, 0.25) is 0 Å². The third-order valence-corrected chi connectivity index (χ3v) is 3.22. The van der Waals surface area contributed by atoms with E-state index in [2.05, 4.69) is 40.4 Å². The first-order chi connectivity index (χ1) is 7.25. The van der Waals surface area contributed by atoms with Crippen LogP contribution in [0.5, 0.6) is 0 Å². The zero-order valence-corrected chi connectivity index (χ0v) is 9.70. The average Bonchev–Trinajstić information content (AvgIpc) is 2.78. The molecule has 0 aliphatic carbocycles. The minimum absolute atomic E-state index is 0.224. The second-order valence-electron chi connectivity index (χ2n) is 3.89. The van der Waals surface area contributed by atoms with E-state index in [9.17, 15) is 0 Å². The first kappa shape index (κ1) is 10.5. The lowest BCUT2D eigenvalue weighted by atomic mass is 10.2. The first-order valence-corrected chi connectivity index (χ1v) is 6.05. The van der Waals surface area contributed by atoms with E-state index in [0.29, 0.717) is 0 Å². The van der Waals surface area contributed by atoms with Crippen LogP contribution in [-0.2, 0) is 13.0 Å². The van der Waals surface area contributed by atoms with Gasteiger partial charge >= 0.3 is 0 Å². The van der Waals surface area contributed by atoms with Crippen molar-refractivity contribution in [3.05, 3.63) is 46.4 Å². The predicted octanol–water partition coefficient (Wildman–Crippen LogP) is 2.49. The average molecular weight is 220 g/mol. The summed E-state index contributed by atoms with van der Waals surface area (Å²) < 4.78 is 2.27. The minimum atomic E-state index is 0.224. The Morgan fingerprint density at radius 1 is 1.40 bits per heavy atom. The zero-order chi connectivity index (χ0) is 10.7. The standard InChI is InChI=1S/C12H16N2S/c1-10(13)8-11-4-2-6-14(11)9-12-5-3-7-15-12/h2-7,10H,8-9,13H2,1H3. The molecular weight excluding hydrogens is 204 g/mol. The van der Waals surface area contributed by atoms with Crippen molar-refractivity contribution in [3.63, 3.8) is 0 Å². The fraction of sp³-hybridized carbons (Fsp3) is 0.333. The van der Waals surface area contributed by atoms with Gasteiger partial charge < -0.3 is 10.3 Å². The fourth-order valence-corrected chi connectivity index (χ4v) is 2.39. The summed E-state index contributed by atoms with van der Waals surface area (Å²) in [4.78, 5) is 1.39. The van der Waals surface area contributed by atoms with E-state index in [1.165, 1.54) is 10.6 Å². The molecule has 3 heteroatoms. The number of hydrogen-bond donors (Lipinski definition) is 1. The number of nitrogens with zero attached hydrogens (tertiary/aromatic N) is 1. The molecule has 0 fully saturated rings. The van der Waals surface area contributed by atoms with Gasteiger partial charge in [-0.25, -0.2) is 0 Å². The maximum absolute atomic E-state index is 5.82. The van der Waals surface area contributed by atoms with Crippen LogP contribution in [0.15, 0.2) is 35.8 Å². The lowest BCUT2D eigenvalue weighted by Gasteiger charge is -2.09. The van der Waals surface area contributed by atoms with Crippen molar-refractivity contribution in [2.24, 2.45) is 5.73 Å². The maximum Gasteiger partial charge on any atom is 0.0566 e. The van der Waals surface area contributed by atoms with Crippen molar-refractivity contribution in [2.75, 3.05) is 0 Å². The van der Waals surface area contributed by atoms with Gasteiger partial charge in [0.25, 0.3) is 0 Å². The van der Waals surface area contributed by atoms with E-state index in [4.69, 9.17) is 5.73 Å². The van der Waals surface area contributed by atoms with Crippen molar-refractivity contribution in [1.82, 2.24) is 4.57 Å². The molecule has 0 radical (unpaired) electrons. The third kappa shape index (κ3) is 2.70. The van der Waals surface area contributed by atoms with Crippen molar-refractivity contribution in [2.45, 2.75) is 25.9 Å². The summed E-state index contributed by atoms with van der Waals surface area (Å²) >= 11 is 1.80. The van der Waals surface area contributed by atoms with Gasteiger partial charge in [-0.3, -0.25) is 0 Å². The third-order valence-electron chi connectivity index (χ3n) is 2.36. The van der Waals surface area contributed by atoms with Crippen LogP contribution >= 0.6 is 11.3 Å². The highest BCUT2D eigenvalue weighted by Gasteiger charge is 2.04. The molecule has 0 saturated heterocycles. The molecule has 1 unspecified atom stereocenters. The Kier molecular flexibility index (Phi) is 3.23. The van der Waals surface area contributed by atoms with Gasteiger partial charge in [-0.1, -0.05) is 6.07 Å². The Morgan fingerprint density at radius 3 is 2.93 bits per heavy atom. The molecule has 0 saturated carbocycles. The molecule has 0 aromatic carbocycles. The summed E-state index contributed by atoms with van der Waals surface area (Å²) in [5.74, 6) is 0. The summed E-state index contributed by atoms with van der Waals surface area (Å²) in [7, 11) is 0. The van der Waals surface area contributed by atoms with E-state index in [1.54, 1.807) is 11.3 Å². The smallest absolute Gasteiger partial charge is 0.0566 e. The zero-order valence-electron chi connectivity index (χ0n) is 8.89. The molecule has 15 heavy (non-hydrogen) atoms. The first-order valence-electron chi connectivity index (χ1n) is 5.17. The molecule has 0 bridgehead atoms. The highest BCUT2D eigenvalue weighted by Crippen LogP contribution is 2.13. The molecule has 2 aromatic heterocycles. The molecule has 1 atom stereocenters. The molecule has 0 aliphatic rings. The van der Waals surface area contributed by atoms with Gasteiger partial charge in [-0.05, 0) is 30.5 Å². The van der Waals surface area contributed by atoms with Gasteiger partial charge in [0.05, 0.1) is 6.54 Å². The van der Waals surface area contributed by atoms with Gasteiger partial charge in [0.2, 0.25) is 0 Å². The van der Waals surface area contributed by atoms with Crippen molar-refractivity contribution in [3.8, 4) is 0 Å². The van der Waals surface area contributed by atoms with Crippen LogP contribution in [0.4, 0.5) is 0 Å². The second kappa shape index (κ2) is 4.64. The van der Waals surface area contributed by atoms with Crippen LogP contribution in [-0.4, -0.2) is 10.6 Å². The van der Waals surface area contributed by atoms with Crippen molar-refractivity contribution < 1.29 is 0 Å². The Balaban J connectivity index is 2.11. The molecule has 0 amide bonds. The number of thiophene rings is 1. The van der Waals surface area contributed by atoms with Gasteiger partial charge in [0.15, 0.2) is 0 Å². The van der Waals surface area contributed by atoms with Crippen molar-refractivity contribution in [1.29, 1.82) is 0 Å². The van der Waals surface area contributed by atoms with Crippen LogP contribution < -0.4 is 5.73 Å². The van der Waals surface area contributed by atoms with Gasteiger partial charge in [-0.2, -0.15) is 0 Å². The molecule has 2 aromatic rings. The van der Waals surface area contributed by atoms with E-state index in [0.717, 1.165) is 13.0 Å². The van der Waals surface area contributed by atoms with Crippen LogP contribution in [0, 0.1) is 0 Å². The fourth-order valence-electron chi connectivity index (χ4n) is 1.69. The molecule has 2 nitrogen and oxygen atoms in total. The van der Waals surface area contributed by atoms with Gasteiger partial charge in [-0.15, -0.1) is 11.3 Å². The van der Waals surface area contributed by atoms with Crippen molar-refractivity contribution >= 4 is 11.3 Å². The number of aromatic nitrogens is 1. The second-order valence-corrected chi connectivity index (χ2v) is 4.92. The lowest BCUT2D eigenvalue weighted by Crippen LogP contribution is -2.19. The molecule has 80 valence electrons. The van der Waals surface area contributed by atoms with Crippen LogP contribution in [0.1, 0.15) is 17.5 Å². The number of nitrogens with two attached hydrogens (primary N) is 1. The summed E-state index contributed by atoms with van der Waals surface area (Å²) in [5.41, 5.74) is 7.13. The summed E-state index contributed by atoms with van der Waals surface area (Å²) in [5, 5.41) is 2.12. The largest absolute Gasteiger partial charge is 0.346 e. The quantitative estimate of drug-likeness (QED) is 0.843. The van der Waals surface area contributed by atoms with E-state index < -0.39 is 0 Å². The SMILES string of the molecule is CC(N)Cc1cccn1Cc1cccs1. The number of rotatable bonds is 4. The molecule has 0 aliphatic heterocycles. The van der Waals surface area contributed by atoms with Gasteiger partial charge in [0, 0.05) is 29.2 Å². The van der Waals surface area contributed by atoms with Crippen LogP contribution in [0.25, 0.3) is 0 Å². The molecule has 2 N–H and O–H groups in total. The highest BCUT2D eigenvalue weighted by molar-refractivity contribution is 7.09. The topological polar surface area (TPSA) is 30.9 Å². The Bertz CT molecular complexity index is 401. The molecular formula is C12H16N2S. The van der Waals surface area contributed by atoms with E-state index in [-0.39, 0.29) is 6.04 Å². The summed E-state index contributed by atoms with van der Waals surface area (Å²) in [6, 6.07) is 8.72. The molecule has 2 rings (SSSR count). The van der Waals surface area contributed by atoms with Gasteiger partial charge in [0.1, 0.15) is 0 Å². The molecule has 0 spiro atoms. The van der Waals surface area contributed by atoms with E-state index >= 15 is 0 Å². The molecule has 2 heterocycles. The maximum atomic E-state index is 5.82. The normalized spacial score (nSPS) is 12.9. The Morgan fingerprint density at radius 2 is 2.27 bits per heavy atom. The minimum Gasteiger partial charge on any atom is -0.346 e. The van der Waals surface area contributed by atoms with E-state index in [1.807, 2.05) is 6.92 Å². The lowest BCUT2D eigenvalue weighted by molar-refractivity contribution is 0.669. The summed E-state index contributed by atoms with van der Waals surface area (Å²) in [6.45, 7) is 3.01. The number of hydrogen-bond acceptors (Lipinski definition) is 2. The predicted molar refractivity (Wildman–Crippen MR) is 65.2 cm³/mol. The monoisotopic (exact) mass is 220 g/mol. The Hall–Kier alpha value is -1.06. The Labute approximate surface area is 94.3 Å².